The Kier molecular flexibility index (Phi) is 8.32. The SMILES string of the molecule is CC(C)(C)C1CCC(P(=O)(N=P(c2ccccc2)(c2ccccc2)c2ccccc2)Nc2ccccc2)CC1. The van der Waals surface area contributed by atoms with Crippen LogP contribution in [0.3, 0.4) is 0 Å². The number of para-hydroxylation sites is 1. The van der Waals surface area contributed by atoms with Crippen LogP contribution in [0.15, 0.2) is 126 Å². The Labute approximate surface area is 234 Å². The molecule has 1 aliphatic rings. The molecule has 5 heteroatoms. The van der Waals surface area contributed by atoms with Crippen LogP contribution in [0.5, 0.6) is 0 Å². The third-order valence-corrected chi connectivity index (χ3v) is 15.5. The lowest BCUT2D eigenvalue weighted by Crippen LogP contribution is -2.30. The van der Waals surface area contributed by atoms with Gasteiger partial charge in [0, 0.05) is 21.6 Å². The molecule has 0 bridgehead atoms. The fraction of sp³-hybridized carbons (Fsp3) is 0.294. The van der Waals surface area contributed by atoms with Gasteiger partial charge in [-0.05, 0) is 49.1 Å². The quantitative estimate of drug-likeness (QED) is 0.232. The summed E-state index contributed by atoms with van der Waals surface area (Å²) in [6.45, 7) is 7.00. The highest BCUT2D eigenvalue weighted by Crippen LogP contribution is 2.65. The van der Waals surface area contributed by atoms with Gasteiger partial charge in [0.1, 0.15) is 0 Å². The first kappa shape index (κ1) is 27.7. The van der Waals surface area contributed by atoms with E-state index in [1.54, 1.807) is 0 Å². The van der Waals surface area contributed by atoms with E-state index in [9.17, 15) is 0 Å². The molecule has 0 aromatic heterocycles. The molecular weight excluding hydrogens is 514 g/mol. The minimum Gasteiger partial charge on any atom is -0.319 e. The number of anilines is 1. The van der Waals surface area contributed by atoms with E-state index >= 15 is 4.57 Å². The molecule has 1 N–H and O–H groups in total. The van der Waals surface area contributed by atoms with Crippen molar-refractivity contribution in [2.45, 2.75) is 52.1 Å². The van der Waals surface area contributed by atoms with E-state index in [2.05, 4.69) is 98.7 Å². The highest BCUT2D eigenvalue weighted by Gasteiger charge is 2.42. The molecule has 0 amide bonds. The van der Waals surface area contributed by atoms with Crippen LogP contribution < -0.4 is 21.0 Å². The lowest BCUT2D eigenvalue weighted by Gasteiger charge is -2.39. The Morgan fingerprint density at radius 2 is 1.00 bits per heavy atom. The van der Waals surface area contributed by atoms with Crippen molar-refractivity contribution in [2.24, 2.45) is 15.8 Å². The fourth-order valence-electron chi connectivity index (χ4n) is 5.91. The Morgan fingerprint density at radius 1 is 0.615 bits per heavy atom. The summed E-state index contributed by atoms with van der Waals surface area (Å²) in [7, 11) is -5.92. The minimum absolute atomic E-state index is 0.00758. The first-order chi connectivity index (χ1) is 18.8. The van der Waals surface area contributed by atoms with Crippen molar-refractivity contribution >= 4 is 36.1 Å². The predicted octanol–water partition coefficient (Wildman–Crippen LogP) is 9.07. The number of nitrogens with zero attached hydrogens (tertiary/aromatic N) is 1. The molecule has 0 saturated heterocycles. The first-order valence-electron chi connectivity index (χ1n) is 14.0. The maximum atomic E-state index is 15.6. The summed E-state index contributed by atoms with van der Waals surface area (Å²) in [6.07, 6.45) is 4.00. The maximum Gasteiger partial charge on any atom is 0.281 e. The minimum atomic E-state index is -3.29. The predicted molar refractivity (Wildman–Crippen MR) is 170 cm³/mol. The normalized spacial score (nSPS) is 19.6. The zero-order valence-corrected chi connectivity index (χ0v) is 25.1. The molecule has 4 aromatic rings. The zero-order valence-electron chi connectivity index (χ0n) is 23.3. The topological polar surface area (TPSA) is 41.5 Å². The molecule has 1 unspecified atom stereocenters. The summed E-state index contributed by atoms with van der Waals surface area (Å²) in [6, 6.07) is 41.6. The fourth-order valence-corrected chi connectivity index (χ4v) is 13.9. The van der Waals surface area contributed by atoms with Gasteiger partial charge in [0.25, 0.3) is 7.44 Å². The molecule has 4 aromatic carbocycles. The van der Waals surface area contributed by atoms with Gasteiger partial charge in [-0.3, -0.25) is 4.57 Å². The summed E-state index contributed by atoms with van der Waals surface area (Å²) >= 11 is 0. The highest BCUT2D eigenvalue weighted by atomic mass is 31.2. The van der Waals surface area contributed by atoms with Crippen LogP contribution in [-0.4, -0.2) is 5.66 Å². The van der Waals surface area contributed by atoms with Crippen molar-refractivity contribution in [2.75, 3.05) is 5.09 Å². The molecule has 1 saturated carbocycles. The van der Waals surface area contributed by atoms with Crippen molar-refractivity contribution in [3.05, 3.63) is 121 Å². The molecule has 1 aliphatic carbocycles. The summed E-state index contributed by atoms with van der Waals surface area (Å²) in [4.78, 5) is 0. The standard InChI is InChI=1S/C34H40N2OP2/c1-34(2,3)28-24-26-33(27-25-28)39(37,35-29-16-8-4-9-17-29)36-38(30-18-10-5-11-19-30,31-20-12-6-13-21-31)32-22-14-7-15-23-32/h4-23,28,33H,24-27H2,1-3H3,(H,35,37). The van der Waals surface area contributed by atoms with E-state index < -0.39 is 14.5 Å². The number of rotatable bonds is 7. The molecule has 0 heterocycles. The average molecular weight is 555 g/mol. The van der Waals surface area contributed by atoms with E-state index in [0.29, 0.717) is 5.92 Å². The third-order valence-electron chi connectivity index (χ3n) is 8.14. The first-order valence-corrected chi connectivity index (χ1v) is 17.5. The maximum absolute atomic E-state index is 15.6. The van der Waals surface area contributed by atoms with Crippen LogP contribution in [0.25, 0.3) is 0 Å². The summed E-state index contributed by atoms with van der Waals surface area (Å²) in [5.74, 6) is 0.635. The highest BCUT2D eigenvalue weighted by molar-refractivity contribution is 7.91. The van der Waals surface area contributed by atoms with E-state index in [-0.39, 0.29) is 11.1 Å². The lowest BCUT2D eigenvalue weighted by molar-refractivity contribution is 0.180. The molecule has 3 nitrogen and oxygen atoms in total. The molecule has 0 aliphatic heterocycles. The summed E-state index contributed by atoms with van der Waals surface area (Å²) in [5.41, 5.74) is 1.12. The van der Waals surface area contributed by atoms with Crippen LogP contribution in [-0.2, 0) is 4.57 Å². The van der Waals surface area contributed by atoms with Crippen LogP contribution in [0.1, 0.15) is 46.5 Å². The number of nitrogens with one attached hydrogen (secondary N) is 1. The monoisotopic (exact) mass is 554 g/mol. The number of benzene rings is 4. The van der Waals surface area contributed by atoms with E-state index in [0.717, 1.165) is 47.3 Å². The largest absolute Gasteiger partial charge is 0.319 e. The van der Waals surface area contributed by atoms with Gasteiger partial charge in [-0.1, -0.05) is 130 Å². The van der Waals surface area contributed by atoms with Gasteiger partial charge in [-0.15, -0.1) is 0 Å². The van der Waals surface area contributed by atoms with Crippen LogP contribution in [0.2, 0.25) is 0 Å². The van der Waals surface area contributed by atoms with Gasteiger partial charge in [-0.2, -0.15) is 0 Å². The second-order valence-corrected chi connectivity index (χ2v) is 17.4. The van der Waals surface area contributed by atoms with Gasteiger partial charge in [0.15, 0.2) is 0 Å². The average Bonchev–Trinajstić information content (AvgIpc) is 2.97. The van der Waals surface area contributed by atoms with Crippen LogP contribution in [0, 0.1) is 11.3 Å². The molecule has 1 atom stereocenters. The molecule has 5 rings (SSSR count). The number of hydrogen-bond acceptors (Lipinski definition) is 1. The molecule has 202 valence electrons. The molecule has 0 spiro atoms. The third kappa shape index (κ3) is 6.01. The van der Waals surface area contributed by atoms with E-state index in [1.165, 1.54) is 0 Å². The molecular formula is C34H40N2OP2. The van der Waals surface area contributed by atoms with Gasteiger partial charge in [0.2, 0.25) is 0 Å². The summed E-state index contributed by atoms with van der Waals surface area (Å²) < 4.78 is 21.3. The molecule has 0 radical (unpaired) electrons. The van der Waals surface area contributed by atoms with E-state index in [4.69, 9.17) is 4.52 Å². The van der Waals surface area contributed by atoms with Crippen molar-refractivity contribution < 1.29 is 4.57 Å². The Hall–Kier alpha value is -2.86. The van der Waals surface area contributed by atoms with Crippen molar-refractivity contribution in [3.63, 3.8) is 0 Å². The molecule has 39 heavy (non-hydrogen) atoms. The second kappa shape index (κ2) is 11.7. The smallest absolute Gasteiger partial charge is 0.281 e. The molecule has 1 fully saturated rings. The Balaban J connectivity index is 1.76. The Bertz CT molecular complexity index is 1340. The zero-order chi connectivity index (χ0) is 27.3. The van der Waals surface area contributed by atoms with Crippen molar-refractivity contribution in [3.8, 4) is 0 Å². The Morgan fingerprint density at radius 3 is 1.38 bits per heavy atom. The van der Waals surface area contributed by atoms with Crippen molar-refractivity contribution in [1.82, 2.24) is 0 Å². The van der Waals surface area contributed by atoms with Gasteiger partial charge >= 0.3 is 0 Å². The summed E-state index contributed by atoms with van der Waals surface area (Å²) in [5, 5.41) is 6.94. The lowest BCUT2D eigenvalue weighted by atomic mass is 9.72. The van der Waals surface area contributed by atoms with Gasteiger partial charge in [0.05, 0.1) is 12.7 Å². The van der Waals surface area contributed by atoms with Crippen LogP contribution in [0.4, 0.5) is 5.69 Å². The van der Waals surface area contributed by atoms with Gasteiger partial charge in [-0.25, -0.2) is 4.52 Å². The van der Waals surface area contributed by atoms with Crippen LogP contribution >= 0.6 is 14.5 Å². The van der Waals surface area contributed by atoms with E-state index in [1.807, 2.05) is 48.5 Å². The number of hydrogen-bond donors (Lipinski definition) is 1. The van der Waals surface area contributed by atoms with Crippen molar-refractivity contribution in [1.29, 1.82) is 0 Å². The second-order valence-electron chi connectivity index (χ2n) is 11.7. The van der Waals surface area contributed by atoms with Gasteiger partial charge < -0.3 is 5.09 Å².